The third kappa shape index (κ3) is 3.27. The van der Waals surface area contributed by atoms with Crippen molar-refractivity contribution in [3.63, 3.8) is 0 Å². The van der Waals surface area contributed by atoms with Gasteiger partial charge >= 0.3 is 0 Å². The summed E-state index contributed by atoms with van der Waals surface area (Å²) in [6.45, 7) is 4.21. The van der Waals surface area contributed by atoms with Gasteiger partial charge in [-0.2, -0.15) is 0 Å². The van der Waals surface area contributed by atoms with Crippen LogP contribution in [0.5, 0.6) is 11.6 Å². The molecule has 1 unspecified atom stereocenters. The number of thioether (sulfide) groups is 1. The molecule has 1 atom stereocenters. The molecule has 30 heavy (non-hydrogen) atoms. The number of carbonyl (C=O) groups excluding carboxylic acids is 1. The molecule has 7 nitrogen and oxygen atoms in total. The number of rotatable bonds is 5. The quantitative estimate of drug-likeness (QED) is 0.464. The molecule has 0 spiro atoms. The number of benzene rings is 2. The Morgan fingerprint density at radius 1 is 1.20 bits per heavy atom. The van der Waals surface area contributed by atoms with Crippen LogP contribution >= 0.6 is 11.8 Å². The number of anilines is 1. The molecule has 0 N–H and O–H groups in total. The molecule has 0 saturated heterocycles. The van der Waals surface area contributed by atoms with Crippen LogP contribution in [-0.4, -0.2) is 28.9 Å². The summed E-state index contributed by atoms with van der Waals surface area (Å²) >= 11 is 1.29. The highest BCUT2D eigenvalue weighted by atomic mass is 32.2. The molecule has 4 rings (SSSR count). The van der Waals surface area contributed by atoms with Crippen molar-refractivity contribution >= 4 is 23.4 Å². The number of aromatic nitrogens is 3. The number of carbonyl (C=O) groups is 1. The summed E-state index contributed by atoms with van der Waals surface area (Å²) in [5, 5.41) is 18.0. The maximum absolute atomic E-state index is 13.2. The van der Waals surface area contributed by atoms with Gasteiger partial charge in [-0.1, -0.05) is 47.6 Å². The standard InChI is InChI=1S/C22H22N4O3S/c1-4-18(27)25-16-12-8-6-10-14(16)19-20(28)23-22(30-3)24-26(19)21(25)15-11-7-9-13-17(15)29-5-2/h6-13,21H,4-5H2,1-3H3. The maximum atomic E-state index is 13.2. The van der Waals surface area contributed by atoms with Crippen molar-refractivity contribution in [3.8, 4) is 22.9 Å². The molecule has 1 amide bonds. The Morgan fingerprint density at radius 3 is 2.67 bits per heavy atom. The van der Waals surface area contributed by atoms with Gasteiger partial charge in [-0.05, 0) is 37.4 Å². The predicted molar refractivity (Wildman–Crippen MR) is 112 cm³/mol. The van der Waals surface area contributed by atoms with Crippen molar-refractivity contribution in [2.75, 3.05) is 17.8 Å². The lowest BCUT2D eigenvalue weighted by Crippen LogP contribution is -2.59. The second-order valence-corrected chi connectivity index (χ2v) is 7.45. The van der Waals surface area contributed by atoms with E-state index >= 15 is 0 Å². The van der Waals surface area contributed by atoms with Crippen molar-refractivity contribution in [1.29, 1.82) is 0 Å². The van der Waals surface area contributed by atoms with Crippen molar-refractivity contribution in [1.82, 2.24) is 10.1 Å². The van der Waals surface area contributed by atoms with E-state index in [0.29, 0.717) is 40.9 Å². The largest absolute Gasteiger partial charge is 0.854 e. The first-order valence-electron chi connectivity index (χ1n) is 9.78. The van der Waals surface area contributed by atoms with Gasteiger partial charge in [0.25, 0.3) is 17.0 Å². The Balaban J connectivity index is 2.08. The maximum Gasteiger partial charge on any atom is 0.296 e. The molecule has 1 aliphatic heterocycles. The zero-order valence-corrected chi connectivity index (χ0v) is 17.8. The summed E-state index contributed by atoms with van der Waals surface area (Å²) in [6, 6.07) is 14.9. The van der Waals surface area contributed by atoms with Gasteiger partial charge in [0.15, 0.2) is 0 Å². The van der Waals surface area contributed by atoms with E-state index in [1.165, 1.54) is 11.8 Å². The van der Waals surface area contributed by atoms with Crippen LogP contribution in [0.1, 0.15) is 32.0 Å². The van der Waals surface area contributed by atoms with Crippen LogP contribution in [0.2, 0.25) is 0 Å². The van der Waals surface area contributed by atoms with Crippen LogP contribution in [0.3, 0.4) is 0 Å². The normalized spacial score (nSPS) is 14.8. The molecular formula is C22H22N4O3S. The highest BCUT2D eigenvalue weighted by molar-refractivity contribution is 7.98. The van der Waals surface area contributed by atoms with E-state index in [2.05, 4.69) is 10.1 Å². The third-order valence-electron chi connectivity index (χ3n) is 4.97. The van der Waals surface area contributed by atoms with E-state index in [4.69, 9.17) is 4.74 Å². The number of amides is 1. The zero-order chi connectivity index (χ0) is 21.3. The molecule has 0 radical (unpaired) electrons. The van der Waals surface area contributed by atoms with Crippen LogP contribution in [0.15, 0.2) is 53.7 Å². The van der Waals surface area contributed by atoms with Crippen molar-refractivity contribution < 1.29 is 19.3 Å². The second kappa shape index (κ2) is 8.31. The minimum Gasteiger partial charge on any atom is -0.854 e. The molecule has 154 valence electrons. The average molecular weight is 423 g/mol. The molecule has 2 heterocycles. The first kappa shape index (κ1) is 20.2. The molecule has 8 heteroatoms. The summed E-state index contributed by atoms with van der Waals surface area (Å²) in [7, 11) is 0. The number of para-hydroxylation sites is 2. The summed E-state index contributed by atoms with van der Waals surface area (Å²) in [5.74, 6) is 0.200. The Hall–Kier alpha value is -3.13. The Morgan fingerprint density at radius 2 is 1.93 bits per heavy atom. The summed E-state index contributed by atoms with van der Waals surface area (Å²) < 4.78 is 7.48. The monoisotopic (exact) mass is 422 g/mol. The molecular weight excluding hydrogens is 400 g/mol. The fourth-order valence-electron chi connectivity index (χ4n) is 3.72. The zero-order valence-electron chi connectivity index (χ0n) is 17.0. The molecule has 1 aromatic heterocycles. The fourth-order valence-corrected chi connectivity index (χ4v) is 4.07. The first-order chi connectivity index (χ1) is 14.6. The number of ether oxygens (including phenoxy) is 1. The van der Waals surface area contributed by atoms with Crippen LogP contribution in [0.25, 0.3) is 11.3 Å². The Kier molecular flexibility index (Phi) is 5.59. The second-order valence-electron chi connectivity index (χ2n) is 6.68. The van der Waals surface area contributed by atoms with Crippen molar-refractivity contribution in [3.05, 3.63) is 54.1 Å². The smallest absolute Gasteiger partial charge is 0.296 e. The van der Waals surface area contributed by atoms with E-state index in [9.17, 15) is 9.90 Å². The number of nitrogens with zero attached hydrogens (tertiary/aromatic N) is 4. The molecule has 0 bridgehead atoms. The number of hydrogen-bond acceptors (Lipinski definition) is 6. The van der Waals surface area contributed by atoms with Crippen molar-refractivity contribution in [2.24, 2.45) is 0 Å². The average Bonchev–Trinajstić information content (AvgIpc) is 2.78. The lowest BCUT2D eigenvalue weighted by Gasteiger charge is -2.33. The van der Waals surface area contributed by atoms with Gasteiger partial charge in [-0.25, -0.2) is 9.88 Å². The molecule has 2 aromatic carbocycles. The minimum atomic E-state index is -0.660. The van der Waals surface area contributed by atoms with Crippen molar-refractivity contribution in [2.45, 2.75) is 31.6 Å². The highest BCUT2D eigenvalue weighted by Crippen LogP contribution is 2.42. The van der Waals surface area contributed by atoms with Gasteiger partial charge in [-0.15, -0.1) is 0 Å². The Bertz CT molecular complexity index is 1110. The first-order valence-corrected chi connectivity index (χ1v) is 11.0. The molecule has 0 aliphatic carbocycles. The third-order valence-corrected chi connectivity index (χ3v) is 5.51. The topological polar surface area (TPSA) is 82.3 Å². The van der Waals surface area contributed by atoms with Crippen LogP contribution < -0.4 is 19.4 Å². The highest BCUT2D eigenvalue weighted by Gasteiger charge is 2.45. The summed E-state index contributed by atoms with van der Waals surface area (Å²) in [5.41, 5.74) is 2.42. The molecule has 0 fully saturated rings. The van der Waals surface area contributed by atoms with E-state index in [1.54, 1.807) is 9.58 Å². The van der Waals surface area contributed by atoms with E-state index in [0.717, 1.165) is 5.56 Å². The van der Waals surface area contributed by atoms with Gasteiger partial charge in [0.1, 0.15) is 5.75 Å². The Labute approximate surface area is 179 Å². The van der Waals surface area contributed by atoms with Gasteiger partial charge in [-0.3, -0.25) is 4.79 Å². The van der Waals surface area contributed by atoms with Crippen LogP contribution in [0.4, 0.5) is 5.69 Å². The predicted octanol–water partition coefficient (Wildman–Crippen LogP) is 2.93. The van der Waals surface area contributed by atoms with Crippen LogP contribution in [-0.2, 0) is 4.79 Å². The lowest BCUT2D eigenvalue weighted by molar-refractivity contribution is -0.764. The van der Waals surface area contributed by atoms with Gasteiger partial charge in [0.2, 0.25) is 5.91 Å². The molecule has 3 aromatic rings. The fraction of sp³-hybridized carbons (Fsp3) is 0.273. The van der Waals surface area contributed by atoms with Gasteiger partial charge in [0.05, 0.1) is 29.3 Å². The molecule has 1 aliphatic rings. The summed E-state index contributed by atoms with van der Waals surface area (Å²) in [6.07, 6.45) is 1.46. The van der Waals surface area contributed by atoms with E-state index < -0.39 is 6.17 Å². The summed E-state index contributed by atoms with van der Waals surface area (Å²) in [4.78, 5) is 19.0. The lowest BCUT2D eigenvalue weighted by atomic mass is 10.0. The van der Waals surface area contributed by atoms with Gasteiger partial charge in [0, 0.05) is 11.5 Å². The SMILES string of the molecule is CCOc1ccccc1C1N(C(=O)CC)c2ccccc2-c2c([O-])nc(SC)n[n+]21. The number of fused-ring (bicyclic) bond motifs is 3. The van der Waals surface area contributed by atoms with E-state index in [1.807, 2.05) is 68.6 Å². The van der Waals surface area contributed by atoms with Gasteiger partial charge < -0.3 is 9.84 Å². The van der Waals surface area contributed by atoms with Crippen LogP contribution in [0, 0.1) is 0 Å². The number of hydrogen-bond donors (Lipinski definition) is 0. The molecule has 0 saturated carbocycles. The van der Waals surface area contributed by atoms with E-state index in [-0.39, 0.29) is 11.8 Å². The minimum absolute atomic E-state index is 0.0753.